The summed E-state index contributed by atoms with van der Waals surface area (Å²) < 4.78 is 25.5. The topological polar surface area (TPSA) is 95.6 Å². The lowest BCUT2D eigenvalue weighted by molar-refractivity contribution is 0.0848. The molecule has 1 aliphatic rings. The van der Waals surface area contributed by atoms with Crippen LogP contribution in [0.4, 0.5) is 0 Å². The number of aryl methyl sites for hydroxylation is 1. The van der Waals surface area contributed by atoms with E-state index in [0.29, 0.717) is 10.8 Å². The van der Waals surface area contributed by atoms with Gasteiger partial charge < -0.3 is 0 Å². The van der Waals surface area contributed by atoms with E-state index in [1.165, 1.54) is 60.1 Å². The Kier molecular flexibility index (Phi) is 5.87. The van der Waals surface area contributed by atoms with Gasteiger partial charge in [-0.25, -0.2) is 12.7 Å². The molecule has 0 saturated carbocycles. The summed E-state index contributed by atoms with van der Waals surface area (Å²) in [4.78, 5) is 26.5. The van der Waals surface area contributed by atoms with E-state index in [0.717, 1.165) is 23.6 Å². The third-order valence-electron chi connectivity index (χ3n) is 4.72. The number of benzene rings is 1. The van der Waals surface area contributed by atoms with Crippen LogP contribution in [0.3, 0.4) is 0 Å². The van der Waals surface area contributed by atoms with Gasteiger partial charge in [0.25, 0.3) is 11.8 Å². The third-order valence-corrected chi connectivity index (χ3v) is 7.76. The molecule has 28 heavy (non-hydrogen) atoms. The van der Waals surface area contributed by atoms with Crippen molar-refractivity contribution < 1.29 is 18.0 Å². The summed E-state index contributed by atoms with van der Waals surface area (Å²) in [6, 6.07) is 7.56. The molecule has 3 rings (SSSR count). The largest absolute Gasteiger partial charge is 0.279 e. The summed E-state index contributed by atoms with van der Waals surface area (Å²) >= 11 is 1.45. The number of thiophene rings is 1. The normalized spacial score (nSPS) is 16.5. The first-order chi connectivity index (χ1) is 13.2. The zero-order valence-electron chi connectivity index (χ0n) is 16.0. The number of fused-ring (bicyclic) bond motifs is 1. The molecule has 1 aromatic carbocycles. The maximum Gasteiger partial charge on any atom is 0.279 e. The number of sulfonamides is 1. The van der Waals surface area contributed by atoms with E-state index in [4.69, 9.17) is 0 Å². The molecule has 0 spiro atoms. The predicted octanol–water partition coefficient (Wildman–Crippen LogP) is 2.20. The Hall–Kier alpha value is -2.23. The van der Waals surface area contributed by atoms with Gasteiger partial charge in [0.15, 0.2) is 0 Å². The fraction of sp³-hybridized carbons (Fsp3) is 0.368. The highest BCUT2D eigenvalue weighted by Gasteiger charge is 2.22. The van der Waals surface area contributed by atoms with Crippen LogP contribution in [0.25, 0.3) is 0 Å². The standard InChI is InChI=1S/C19H23N3O4S2/c1-12-7-8-16-14(9-12)11-17(27-16)19(24)21-20-18(23)13-5-4-6-15(10-13)28(25,26)22(2)3/h4-6,10-12H,7-9H2,1-3H3,(H,20,23)(H,21,24)/t12-/m1/s1. The van der Waals surface area contributed by atoms with Gasteiger partial charge in [-0.3, -0.25) is 20.4 Å². The van der Waals surface area contributed by atoms with Crippen LogP contribution in [0.1, 0.15) is 43.8 Å². The second-order valence-electron chi connectivity index (χ2n) is 7.13. The van der Waals surface area contributed by atoms with Crippen LogP contribution in [-0.4, -0.2) is 38.6 Å². The van der Waals surface area contributed by atoms with E-state index in [9.17, 15) is 18.0 Å². The second-order valence-corrected chi connectivity index (χ2v) is 10.4. The van der Waals surface area contributed by atoms with E-state index >= 15 is 0 Å². The highest BCUT2D eigenvalue weighted by Crippen LogP contribution is 2.32. The molecule has 2 amide bonds. The molecular weight excluding hydrogens is 398 g/mol. The maximum atomic E-state index is 12.4. The van der Waals surface area contributed by atoms with Crippen LogP contribution in [0.5, 0.6) is 0 Å². The molecule has 2 aromatic rings. The molecule has 0 radical (unpaired) electrons. The van der Waals surface area contributed by atoms with Crippen LogP contribution in [-0.2, 0) is 22.9 Å². The Bertz CT molecular complexity index is 1010. The minimum atomic E-state index is -3.65. The highest BCUT2D eigenvalue weighted by atomic mass is 32.2. The van der Waals surface area contributed by atoms with E-state index in [1.54, 1.807) is 0 Å². The van der Waals surface area contributed by atoms with Crippen LogP contribution in [0, 0.1) is 5.92 Å². The first-order valence-corrected chi connectivity index (χ1v) is 11.2. The van der Waals surface area contributed by atoms with Gasteiger partial charge >= 0.3 is 0 Å². The predicted molar refractivity (Wildman–Crippen MR) is 108 cm³/mol. The van der Waals surface area contributed by atoms with Crippen LogP contribution >= 0.6 is 11.3 Å². The smallest absolute Gasteiger partial charge is 0.267 e. The van der Waals surface area contributed by atoms with Crippen molar-refractivity contribution in [2.45, 2.75) is 31.1 Å². The van der Waals surface area contributed by atoms with Gasteiger partial charge in [-0.1, -0.05) is 13.0 Å². The van der Waals surface area contributed by atoms with Crippen molar-refractivity contribution in [1.29, 1.82) is 0 Å². The summed E-state index contributed by atoms with van der Waals surface area (Å²) in [5.74, 6) is -0.347. The zero-order valence-corrected chi connectivity index (χ0v) is 17.6. The summed E-state index contributed by atoms with van der Waals surface area (Å²) in [6.45, 7) is 2.20. The van der Waals surface area contributed by atoms with Crippen LogP contribution < -0.4 is 10.9 Å². The molecule has 150 valence electrons. The molecule has 7 nitrogen and oxygen atoms in total. The van der Waals surface area contributed by atoms with Crippen molar-refractivity contribution in [3.05, 3.63) is 51.2 Å². The van der Waals surface area contributed by atoms with Crippen molar-refractivity contribution in [3.8, 4) is 0 Å². The van der Waals surface area contributed by atoms with Gasteiger partial charge in [-0.05, 0) is 55.0 Å². The Morgan fingerprint density at radius 3 is 2.57 bits per heavy atom. The van der Waals surface area contributed by atoms with Crippen molar-refractivity contribution in [2.24, 2.45) is 5.92 Å². The number of hydrogen-bond donors (Lipinski definition) is 2. The summed E-state index contributed by atoms with van der Waals surface area (Å²) in [5.41, 5.74) is 6.12. The molecule has 9 heteroatoms. The molecule has 1 aromatic heterocycles. The van der Waals surface area contributed by atoms with Crippen LogP contribution in [0.15, 0.2) is 35.2 Å². The molecule has 0 saturated heterocycles. The molecule has 0 unspecified atom stereocenters. The lowest BCUT2D eigenvalue weighted by atomic mass is 9.90. The minimum absolute atomic E-state index is 0.0107. The summed E-state index contributed by atoms with van der Waals surface area (Å²) in [6.07, 6.45) is 3.07. The van der Waals surface area contributed by atoms with E-state index < -0.39 is 15.9 Å². The average Bonchev–Trinajstić information content (AvgIpc) is 3.09. The molecule has 0 aliphatic heterocycles. The summed E-state index contributed by atoms with van der Waals surface area (Å²) in [7, 11) is -0.805. The Labute approximate surface area is 168 Å². The fourth-order valence-corrected chi connectivity index (χ4v) is 5.13. The number of nitrogens with zero attached hydrogens (tertiary/aromatic N) is 1. The number of carbonyl (C=O) groups excluding carboxylic acids is 2. The van der Waals surface area contributed by atoms with Gasteiger partial charge in [0.1, 0.15) is 0 Å². The fourth-order valence-electron chi connectivity index (χ4n) is 3.07. The Balaban J connectivity index is 1.67. The number of rotatable bonds is 4. The number of amides is 2. The van der Waals surface area contributed by atoms with Gasteiger partial charge in [0.2, 0.25) is 10.0 Å². The first-order valence-electron chi connectivity index (χ1n) is 8.93. The SMILES string of the molecule is C[C@@H]1CCc2sc(C(=O)NNC(=O)c3cccc(S(=O)(=O)N(C)C)c3)cc2C1. The Morgan fingerprint density at radius 1 is 1.14 bits per heavy atom. The van der Waals surface area contributed by atoms with Crippen molar-refractivity contribution in [2.75, 3.05) is 14.1 Å². The zero-order chi connectivity index (χ0) is 20.5. The molecule has 1 heterocycles. The van der Waals surface area contributed by atoms with Gasteiger partial charge in [-0.2, -0.15) is 0 Å². The van der Waals surface area contributed by atoms with E-state index in [-0.39, 0.29) is 16.4 Å². The van der Waals surface area contributed by atoms with Crippen LogP contribution in [0.2, 0.25) is 0 Å². The average molecular weight is 422 g/mol. The molecule has 0 fully saturated rings. The quantitative estimate of drug-likeness (QED) is 0.740. The second kappa shape index (κ2) is 8.02. The van der Waals surface area contributed by atoms with E-state index in [2.05, 4.69) is 17.8 Å². The van der Waals surface area contributed by atoms with E-state index in [1.807, 2.05) is 6.07 Å². The molecule has 1 aliphatic carbocycles. The highest BCUT2D eigenvalue weighted by molar-refractivity contribution is 7.89. The maximum absolute atomic E-state index is 12.4. The molecule has 2 N–H and O–H groups in total. The molecule has 1 atom stereocenters. The number of carbonyl (C=O) groups is 2. The third kappa shape index (κ3) is 4.26. The van der Waals surface area contributed by atoms with Crippen molar-refractivity contribution in [3.63, 3.8) is 0 Å². The van der Waals surface area contributed by atoms with Crippen molar-refractivity contribution in [1.82, 2.24) is 15.2 Å². The lowest BCUT2D eigenvalue weighted by Gasteiger charge is -2.16. The van der Waals surface area contributed by atoms with Gasteiger partial charge in [0, 0.05) is 24.5 Å². The molecular formula is C19H23N3O4S2. The Morgan fingerprint density at radius 2 is 1.86 bits per heavy atom. The van der Waals surface area contributed by atoms with Gasteiger partial charge in [-0.15, -0.1) is 11.3 Å². The summed E-state index contributed by atoms with van der Waals surface area (Å²) in [5, 5.41) is 0. The monoisotopic (exact) mass is 421 g/mol. The number of hydrogen-bond acceptors (Lipinski definition) is 5. The van der Waals surface area contributed by atoms with Crippen molar-refractivity contribution >= 4 is 33.2 Å². The number of nitrogens with one attached hydrogen (secondary N) is 2. The lowest BCUT2D eigenvalue weighted by Crippen LogP contribution is -2.41. The molecule has 0 bridgehead atoms. The number of hydrazine groups is 1. The minimum Gasteiger partial charge on any atom is -0.267 e. The first kappa shape index (κ1) is 20.5. The van der Waals surface area contributed by atoms with Gasteiger partial charge in [0.05, 0.1) is 9.77 Å².